The third-order valence-electron chi connectivity index (χ3n) is 6.03. The van der Waals surface area contributed by atoms with Gasteiger partial charge in [-0.05, 0) is 68.6 Å². The summed E-state index contributed by atoms with van der Waals surface area (Å²) in [6.45, 7) is 5.81. The van der Waals surface area contributed by atoms with E-state index in [9.17, 15) is 13.2 Å². The van der Waals surface area contributed by atoms with Crippen molar-refractivity contribution >= 4 is 33.4 Å². The molecular formula is C23H29N3O3S2. The molecule has 2 aromatic rings. The first kappa shape index (κ1) is 22.2. The molecule has 0 radical (unpaired) electrons. The highest BCUT2D eigenvalue weighted by Gasteiger charge is 2.34. The Morgan fingerprint density at radius 3 is 2.77 bits per heavy atom. The van der Waals surface area contributed by atoms with E-state index in [0.717, 1.165) is 43.0 Å². The molecule has 2 saturated heterocycles. The van der Waals surface area contributed by atoms with Gasteiger partial charge in [0.2, 0.25) is 0 Å². The van der Waals surface area contributed by atoms with Crippen LogP contribution in [0.1, 0.15) is 34.3 Å². The van der Waals surface area contributed by atoms with E-state index in [2.05, 4.69) is 14.9 Å². The van der Waals surface area contributed by atoms with Gasteiger partial charge in [0.25, 0.3) is 15.9 Å². The quantitative estimate of drug-likeness (QED) is 0.716. The van der Waals surface area contributed by atoms with Gasteiger partial charge in [-0.2, -0.15) is 11.8 Å². The summed E-state index contributed by atoms with van der Waals surface area (Å²) in [6.07, 6.45) is 2.03. The number of hydrogen-bond donors (Lipinski definition) is 2. The molecule has 0 bridgehead atoms. The average Bonchev–Trinajstić information content (AvgIpc) is 2.74. The summed E-state index contributed by atoms with van der Waals surface area (Å²) in [7, 11) is -3.81. The monoisotopic (exact) mass is 459 g/mol. The molecule has 31 heavy (non-hydrogen) atoms. The topological polar surface area (TPSA) is 78.5 Å². The third kappa shape index (κ3) is 5.07. The Kier molecular flexibility index (Phi) is 6.60. The Morgan fingerprint density at radius 1 is 1.13 bits per heavy atom. The van der Waals surface area contributed by atoms with Crippen molar-refractivity contribution in [2.24, 2.45) is 0 Å². The largest absolute Gasteiger partial charge is 0.348 e. The molecule has 2 aliphatic rings. The lowest BCUT2D eigenvalue weighted by atomic mass is 9.96. The first-order valence-electron chi connectivity index (χ1n) is 10.7. The maximum absolute atomic E-state index is 13.0. The van der Waals surface area contributed by atoms with Gasteiger partial charge < -0.3 is 5.32 Å². The molecule has 0 aliphatic carbocycles. The van der Waals surface area contributed by atoms with Gasteiger partial charge in [-0.25, -0.2) is 8.42 Å². The van der Waals surface area contributed by atoms with Crippen LogP contribution >= 0.6 is 11.8 Å². The van der Waals surface area contributed by atoms with Gasteiger partial charge in [0, 0.05) is 41.4 Å². The number of fused-ring (bicyclic) bond motifs is 1. The minimum atomic E-state index is -3.81. The summed E-state index contributed by atoms with van der Waals surface area (Å²) in [4.78, 5) is 15.6. The lowest BCUT2D eigenvalue weighted by Crippen LogP contribution is -2.58. The Morgan fingerprint density at radius 2 is 1.97 bits per heavy atom. The molecule has 2 atom stereocenters. The lowest BCUT2D eigenvalue weighted by molar-refractivity contribution is 0.0841. The molecule has 4 rings (SSSR count). The molecule has 166 valence electrons. The molecule has 2 fully saturated rings. The van der Waals surface area contributed by atoms with Crippen LogP contribution < -0.4 is 10.0 Å². The fourth-order valence-corrected chi connectivity index (χ4v) is 6.92. The van der Waals surface area contributed by atoms with Crippen molar-refractivity contribution in [1.82, 2.24) is 10.2 Å². The zero-order chi connectivity index (χ0) is 22.0. The lowest BCUT2D eigenvalue weighted by Gasteiger charge is -2.44. The standard InChI is InChI=1S/C23H29N3O3S2/c1-16-5-3-6-19(13-16)25-31(28,29)22-14-18(9-8-17(22)2)23(27)24-20-7-4-10-26-11-12-30-15-21(20)26/h3,5-6,8-9,13-14,20-21,25H,4,7,10-12,15H2,1-2H3,(H,24,27). The van der Waals surface area contributed by atoms with E-state index in [4.69, 9.17) is 0 Å². The van der Waals surface area contributed by atoms with Crippen LogP contribution in [0, 0.1) is 13.8 Å². The van der Waals surface area contributed by atoms with E-state index in [0.29, 0.717) is 22.9 Å². The number of piperidine rings is 1. The Hall–Kier alpha value is -2.03. The number of sulfonamides is 1. The van der Waals surface area contributed by atoms with Crippen LogP contribution in [0.2, 0.25) is 0 Å². The number of thioether (sulfide) groups is 1. The molecule has 2 aliphatic heterocycles. The highest BCUT2D eigenvalue weighted by molar-refractivity contribution is 7.99. The number of carbonyl (C=O) groups is 1. The maximum atomic E-state index is 13.0. The summed E-state index contributed by atoms with van der Waals surface area (Å²) in [5, 5.41) is 3.18. The minimum Gasteiger partial charge on any atom is -0.348 e. The highest BCUT2D eigenvalue weighted by atomic mass is 32.2. The SMILES string of the molecule is Cc1cccc(NS(=O)(=O)c2cc(C(=O)NC3CCCN4CCSCC34)ccc2C)c1. The predicted molar refractivity (Wildman–Crippen MR) is 126 cm³/mol. The van der Waals surface area contributed by atoms with Gasteiger partial charge >= 0.3 is 0 Å². The first-order chi connectivity index (χ1) is 14.8. The normalized spacial score (nSPS) is 21.9. The van der Waals surface area contributed by atoms with Gasteiger partial charge in [-0.3, -0.25) is 14.4 Å². The second-order valence-electron chi connectivity index (χ2n) is 8.36. The van der Waals surface area contributed by atoms with Crippen molar-refractivity contribution in [3.05, 3.63) is 59.2 Å². The second kappa shape index (κ2) is 9.22. The van der Waals surface area contributed by atoms with Gasteiger partial charge in [0.1, 0.15) is 0 Å². The molecule has 0 aromatic heterocycles. The highest BCUT2D eigenvalue weighted by Crippen LogP contribution is 2.26. The van der Waals surface area contributed by atoms with Crippen molar-refractivity contribution in [3.8, 4) is 0 Å². The van der Waals surface area contributed by atoms with E-state index in [1.807, 2.05) is 24.8 Å². The maximum Gasteiger partial charge on any atom is 0.262 e. The van der Waals surface area contributed by atoms with Gasteiger partial charge in [0.05, 0.1) is 4.90 Å². The van der Waals surface area contributed by atoms with Crippen LogP contribution in [0.4, 0.5) is 5.69 Å². The number of hydrogen-bond acceptors (Lipinski definition) is 5. The molecule has 6 nitrogen and oxygen atoms in total. The van der Waals surface area contributed by atoms with Crippen LogP contribution in [0.15, 0.2) is 47.4 Å². The van der Waals surface area contributed by atoms with Crippen molar-refractivity contribution in [2.75, 3.05) is 29.3 Å². The number of amides is 1. The van der Waals surface area contributed by atoms with Crippen molar-refractivity contribution in [1.29, 1.82) is 0 Å². The van der Waals surface area contributed by atoms with E-state index in [-0.39, 0.29) is 16.8 Å². The summed E-state index contributed by atoms with van der Waals surface area (Å²) < 4.78 is 28.7. The Labute approximate surface area is 188 Å². The molecule has 2 heterocycles. The second-order valence-corrected chi connectivity index (χ2v) is 11.2. The minimum absolute atomic E-state index is 0.0980. The van der Waals surface area contributed by atoms with Crippen LogP contribution in [0.5, 0.6) is 0 Å². The molecule has 1 amide bonds. The molecule has 2 N–H and O–H groups in total. The van der Waals surface area contributed by atoms with Crippen molar-refractivity contribution < 1.29 is 13.2 Å². The average molecular weight is 460 g/mol. The number of aryl methyl sites for hydroxylation is 2. The summed E-state index contributed by atoms with van der Waals surface area (Å²) >= 11 is 1.94. The summed E-state index contributed by atoms with van der Waals surface area (Å²) in [6, 6.07) is 12.5. The van der Waals surface area contributed by atoms with Crippen LogP contribution in [-0.2, 0) is 10.0 Å². The number of nitrogens with one attached hydrogen (secondary N) is 2. The summed E-state index contributed by atoms with van der Waals surface area (Å²) in [5.74, 6) is 1.96. The van der Waals surface area contributed by atoms with Crippen LogP contribution in [-0.4, -0.2) is 55.9 Å². The summed E-state index contributed by atoms with van der Waals surface area (Å²) in [5.41, 5.74) is 2.44. The molecule has 0 spiro atoms. The van der Waals surface area contributed by atoms with E-state index < -0.39 is 10.0 Å². The number of benzene rings is 2. The number of carbonyl (C=O) groups excluding carboxylic acids is 1. The molecule has 2 unspecified atom stereocenters. The number of rotatable bonds is 5. The fraction of sp³-hybridized carbons (Fsp3) is 0.435. The zero-order valence-corrected chi connectivity index (χ0v) is 19.6. The van der Waals surface area contributed by atoms with Crippen LogP contribution in [0.3, 0.4) is 0 Å². The molecule has 0 saturated carbocycles. The molecule has 2 aromatic carbocycles. The first-order valence-corrected chi connectivity index (χ1v) is 13.3. The van der Waals surface area contributed by atoms with Crippen LogP contribution in [0.25, 0.3) is 0 Å². The smallest absolute Gasteiger partial charge is 0.262 e. The third-order valence-corrected chi connectivity index (χ3v) is 8.60. The zero-order valence-electron chi connectivity index (χ0n) is 17.9. The van der Waals surface area contributed by atoms with E-state index in [1.165, 1.54) is 6.07 Å². The van der Waals surface area contributed by atoms with E-state index >= 15 is 0 Å². The predicted octanol–water partition coefficient (Wildman–Crippen LogP) is 3.41. The van der Waals surface area contributed by atoms with Crippen molar-refractivity contribution in [3.63, 3.8) is 0 Å². The molecule has 8 heteroatoms. The Balaban J connectivity index is 1.53. The number of nitrogens with zero attached hydrogens (tertiary/aromatic N) is 1. The fourth-order valence-electron chi connectivity index (χ4n) is 4.38. The molecular weight excluding hydrogens is 430 g/mol. The van der Waals surface area contributed by atoms with Gasteiger partial charge in [-0.1, -0.05) is 18.2 Å². The number of anilines is 1. The van der Waals surface area contributed by atoms with Crippen molar-refractivity contribution in [2.45, 2.75) is 43.7 Å². The van der Waals surface area contributed by atoms with Gasteiger partial charge in [-0.15, -0.1) is 0 Å². The van der Waals surface area contributed by atoms with E-state index in [1.54, 1.807) is 37.3 Å². The Bertz CT molecular complexity index is 1070. The van der Waals surface area contributed by atoms with Gasteiger partial charge in [0.15, 0.2) is 0 Å².